The van der Waals surface area contributed by atoms with Gasteiger partial charge in [0.1, 0.15) is 23.0 Å². The van der Waals surface area contributed by atoms with E-state index in [9.17, 15) is 9.50 Å². The van der Waals surface area contributed by atoms with E-state index >= 15 is 0 Å². The van der Waals surface area contributed by atoms with E-state index in [1.165, 1.54) is 25.3 Å². The average molecular weight is 519 g/mol. The molecule has 3 aromatic heterocycles. The van der Waals surface area contributed by atoms with Crippen LogP contribution in [0.5, 0.6) is 11.5 Å². The Bertz CT molecular complexity index is 1800. The molecule has 1 saturated carbocycles. The molecule has 3 aromatic carbocycles. The first-order valence-corrected chi connectivity index (χ1v) is 13.3. The fraction of sp³-hybridized carbons (Fsp3) is 0.188. The lowest BCUT2D eigenvalue weighted by Gasteiger charge is -2.23. The summed E-state index contributed by atoms with van der Waals surface area (Å²) in [5.41, 5.74) is 6.90. The highest BCUT2D eigenvalue weighted by atomic mass is 19.1. The lowest BCUT2D eigenvalue weighted by molar-refractivity contribution is 0.154. The third-order valence-corrected chi connectivity index (χ3v) is 7.58. The van der Waals surface area contributed by atoms with Crippen LogP contribution >= 0.6 is 0 Å². The predicted octanol–water partition coefficient (Wildman–Crippen LogP) is 8.00. The summed E-state index contributed by atoms with van der Waals surface area (Å²) in [5, 5.41) is 19.6. The number of hydrogen-bond donors (Lipinski definition) is 3. The number of pyridine rings is 1. The molecule has 39 heavy (non-hydrogen) atoms. The van der Waals surface area contributed by atoms with Crippen LogP contribution in [0.4, 0.5) is 4.39 Å². The Labute approximate surface area is 224 Å². The van der Waals surface area contributed by atoms with Gasteiger partial charge < -0.3 is 14.8 Å². The maximum atomic E-state index is 14.0. The zero-order valence-corrected chi connectivity index (χ0v) is 21.2. The molecule has 1 aliphatic carbocycles. The molecular weight excluding hydrogens is 491 g/mol. The molecule has 3 N–H and O–H groups in total. The molecule has 0 unspecified atom stereocenters. The molecule has 0 saturated heterocycles. The molecule has 194 valence electrons. The maximum absolute atomic E-state index is 14.0. The molecule has 0 amide bonds. The molecule has 6 nitrogen and oxygen atoms in total. The standard InChI is InChI=1S/C32H27FN4O2/c33-22-11-20(12-23(38)15-22)26-7-4-8-29-27(26)16-31(35-29)32-28-14-19(9-10-30(28)36-37-32)21-13-25(18-34-17-21)39-24-5-2-1-3-6-24/h4,7-18,24,35,38H,1-3,5-6H2,(H,36,37). The van der Waals surface area contributed by atoms with Gasteiger partial charge in [0.25, 0.3) is 0 Å². The highest BCUT2D eigenvalue weighted by Gasteiger charge is 2.17. The number of aromatic nitrogens is 4. The third-order valence-electron chi connectivity index (χ3n) is 7.58. The minimum atomic E-state index is -0.480. The molecule has 0 spiro atoms. The molecule has 1 aliphatic rings. The second-order valence-corrected chi connectivity index (χ2v) is 10.3. The van der Waals surface area contributed by atoms with Gasteiger partial charge in [0.05, 0.1) is 23.5 Å². The number of halogens is 1. The van der Waals surface area contributed by atoms with Gasteiger partial charge in [-0.3, -0.25) is 10.1 Å². The van der Waals surface area contributed by atoms with Crippen LogP contribution < -0.4 is 4.74 Å². The van der Waals surface area contributed by atoms with E-state index in [0.717, 1.165) is 74.5 Å². The molecular formula is C32H27FN4O2. The topological polar surface area (TPSA) is 86.8 Å². The number of phenols is 1. The highest BCUT2D eigenvalue weighted by molar-refractivity contribution is 6.02. The number of H-pyrrole nitrogens is 2. The summed E-state index contributed by atoms with van der Waals surface area (Å²) in [6.45, 7) is 0. The fourth-order valence-corrected chi connectivity index (χ4v) is 5.68. The smallest absolute Gasteiger partial charge is 0.138 e. The van der Waals surface area contributed by atoms with Crippen molar-refractivity contribution in [2.45, 2.75) is 38.2 Å². The van der Waals surface area contributed by atoms with Crippen molar-refractivity contribution in [3.63, 3.8) is 0 Å². The Morgan fingerprint density at radius 2 is 1.72 bits per heavy atom. The van der Waals surface area contributed by atoms with Crippen molar-refractivity contribution < 1.29 is 14.2 Å². The van der Waals surface area contributed by atoms with Crippen molar-refractivity contribution in [1.82, 2.24) is 20.2 Å². The van der Waals surface area contributed by atoms with E-state index in [-0.39, 0.29) is 11.9 Å². The van der Waals surface area contributed by atoms with Crippen molar-refractivity contribution in [3.8, 4) is 45.1 Å². The minimum absolute atomic E-state index is 0.105. The number of fused-ring (bicyclic) bond motifs is 2. The van der Waals surface area contributed by atoms with Crippen LogP contribution in [0.15, 0.2) is 79.1 Å². The molecule has 0 radical (unpaired) electrons. The number of benzene rings is 3. The first-order valence-electron chi connectivity index (χ1n) is 13.3. The highest BCUT2D eigenvalue weighted by Crippen LogP contribution is 2.36. The van der Waals surface area contributed by atoms with Gasteiger partial charge in [0, 0.05) is 34.1 Å². The van der Waals surface area contributed by atoms with Crippen LogP contribution in [0.25, 0.3) is 55.4 Å². The summed E-state index contributed by atoms with van der Waals surface area (Å²) in [4.78, 5) is 7.93. The van der Waals surface area contributed by atoms with Gasteiger partial charge in [-0.1, -0.05) is 24.6 Å². The number of nitrogens with zero attached hydrogens (tertiary/aromatic N) is 2. The van der Waals surface area contributed by atoms with Gasteiger partial charge >= 0.3 is 0 Å². The van der Waals surface area contributed by atoms with Crippen molar-refractivity contribution in [2.24, 2.45) is 0 Å². The van der Waals surface area contributed by atoms with Crippen LogP contribution in [0.1, 0.15) is 32.1 Å². The van der Waals surface area contributed by atoms with E-state index in [1.54, 1.807) is 12.3 Å². The Morgan fingerprint density at radius 3 is 2.59 bits per heavy atom. The molecule has 0 atom stereocenters. The zero-order chi connectivity index (χ0) is 26.3. The van der Waals surface area contributed by atoms with Crippen molar-refractivity contribution in [3.05, 3.63) is 84.9 Å². The first kappa shape index (κ1) is 23.5. The Hall–Kier alpha value is -4.65. The second-order valence-electron chi connectivity index (χ2n) is 10.3. The first-order chi connectivity index (χ1) is 19.1. The molecule has 7 heteroatoms. The SMILES string of the molecule is Oc1cc(F)cc(-c2cccc3[nH]c(-c4n[nH]c5ccc(-c6cncc(OC7CCCCC7)c6)cc45)cc23)c1. The van der Waals surface area contributed by atoms with Crippen LogP contribution in [0.2, 0.25) is 0 Å². The number of hydrogen-bond acceptors (Lipinski definition) is 4. The quantitative estimate of drug-likeness (QED) is 0.216. The molecule has 0 aliphatic heterocycles. The second kappa shape index (κ2) is 9.58. The van der Waals surface area contributed by atoms with Gasteiger partial charge in [-0.15, -0.1) is 0 Å². The van der Waals surface area contributed by atoms with Crippen LogP contribution in [0, 0.1) is 5.82 Å². The number of aromatic amines is 2. The fourth-order valence-electron chi connectivity index (χ4n) is 5.68. The summed E-state index contributed by atoms with van der Waals surface area (Å²) in [5.74, 6) is 0.219. The van der Waals surface area contributed by atoms with Crippen LogP contribution in [-0.4, -0.2) is 31.4 Å². The monoisotopic (exact) mass is 518 g/mol. The minimum Gasteiger partial charge on any atom is -0.508 e. The molecule has 1 fully saturated rings. The Kier molecular flexibility index (Phi) is 5.77. The normalized spacial score (nSPS) is 14.3. The van der Waals surface area contributed by atoms with Crippen molar-refractivity contribution in [1.29, 1.82) is 0 Å². The number of rotatable bonds is 5. The summed E-state index contributed by atoms with van der Waals surface area (Å²) >= 11 is 0. The van der Waals surface area contributed by atoms with E-state index in [2.05, 4.69) is 38.4 Å². The number of nitrogens with one attached hydrogen (secondary N) is 2. The molecule has 0 bridgehead atoms. The van der Waals surface area contributed by atoms with Gasteiger partial charge in [-0.2, -0.15) is 5.10 Å². The number of ether oxygens (including phenoxy) is 1. The van der Waals surface area contributed by atoms with E-state index < -0.39 is 5.82 Å². The van der Waals surface area contributed by atoms with E-state index in [0.29, 0.717) is 5.56 Å². The van der Waals surface area contributed by atoms with Gasteiger partial charge in [0.2, 0.25) is 0 Å². The molecule has 7 rings (SSSR count). The number of aromatic hydroxyl groups is 1. The third kappa shape index (κ3) is 4.50. The molecule has 6 aromatic rings. The summed E-state index contributed by atoms with van der Waals surface area (Å²) < 4.78 is 20.3. The lowest BCUT2D eigenvalue weighted by atomic mass is 9.98. The van der Waals surface area contributed by atoms with Crippen LogP contribution in [-0.2, 0) is 0 Å². The Morgan fingerprint density at radius 1 is 0.821 bits per heavy atom. The summed E-state index contributed by atoms with van der Waals surface area (Å²) in [6, 6.07) is 20.2. The van der Waals surface area contributed by atoms with E-state index in [4.69, 9.17) is 4.74 Å². The average Bonchev–Trinajstić information content (AvgIpc) is 3.57. The predicted molar refractivity (Wildman–Crippen MR) is 151 cm³/mol. The van der Waals surface area contributed by atoms with Gasteiger partial charge in [0.15, 0.2) is 0 Å². The van der Waals surface area contributed by atoms with Crippen molar-refractivity contribution in [2.75, 3.05) is 0 Å². The van der Waals surface area contributed by atoms with Crippen LogP contribution in [0.3, 0.4) is 0 Å². The maximum Gasteiger partial charge on any atom is 0.138 e. The zero-order valence-electron chi connectivity index (χ0n) is 21.2. The number of phenolic OH excluding ortho intramolecular Hbond substituents is 1. The van der Waals surface area contributed by atoms with Gasteiger partial charge in [-0.05, 0) is 84.8 Å². The summed E-state index contributed by atoms with van der Waals surface area (Å²) in [7, 11) is 0. The molecule has 3 heterocycles. The summed E-state index contributed by atoms with van der Waals surface area (Å²) in [6.07, 6.45) is 9.84. The van der Waals surface area contributed by atoms with Gasteiger partial charge in [-0.25, -0.2) is 4.39 Å². The Balaban J connectivity index is 1.26. The van der Waals surface area contributed by atoms with Crippen molar-refractivity contribution >= 4 is 21.8 Å². The lowest BCUT2D eigenvalue weighted by Crippen LogP contribution is -2.19. The largest absolute Gasteiger partial charge is 0.508 e. The van der Waals surface area contributed by atoms with E-state index in [1.807, 2.05) is 36.5 Å².